The lowest BCUT2D eigenvalue weighted by atomic mass is 10.4. The average Bonchev–Trinajstić information content (AvgIpc) is 3.00. The fourth-order valence-corrected chi connectivity index (χ4v) is 1.42. The Balaban J connectivity index is 2.08. The van der Waals surface area contributed by atoms with E-state index in [4.69, 9.17) is 4.74 Å². The van der Waals surface area contributed by atoms with Crippen LogP contribution in [-0.2, 0) is 0 Å². The van der Waals surface area contributed by atoms with Crippen LogP contribution >= 0.6 is 15.9 Å². The van der Waals surface area contributed by atoms with Gasteiger partial charge in [-0.1, -0.05) is 0 Å². The molecule has 0 N–H and O–H groups in total. The van der Waals surface area contributed by atoms with Crippen LogP contribution in [0.2, 0.25) is 0 Å². The van der Waals surface area contributed by atoms with E-state index in [0.29, 0.717) is 24.1 Å². The first kappa shape index (κ1) is 9.65. The summed E-state index contributed by atoms with van der Waals surface area (Å²) in [6.45, 7) is 0.702. The summed E-state index contributed by atoms with van der Waals surface area (Å²) in [5.74, 6) is 1.20. The maximum Gasteiger partial charge on any atom is 0.228 e. The van der Waals surface area contributed by atoms with Crippen molar-refractivity contribution in [2.75, 3.05) is 6.61 Å². The van der Waals surface area contributed by atoms with Gasteiger partial charge in [0, 0.05) is 0 Å². The minimum atomic E-state index is 0.402. The maximum atomic E-state index is 10.5. The molecule has 74 valence electrons. The van der Waals surface area contributed by atoms with E-state index >= 15 is 0 Å². The number of ether oxygens (including phenoxy) is 1. The van der Waals surface area contributed by atoms with Gasteiger partial charge in [0.05, 0.1) is 11.1 Å². The monoisotopic (exact) mass is 255 g/mol. The number of hydrogen-bond acceptors (Lipinski definition) is 3. The molecule has 1 aliphatic carbocycles. The van der Waals surface area contributed by atoms with Crippen molar-refractivity contribution in [3.05, 3.63) is 22.3 Å². The van der Waals surface area contributed by atoms with Gasteiger partial charge >= 0.3 is 0 Å². The van der Waals surface area contributed by atoms with Crippen LogP contribution < -0.4 is 4.74 Å². The number of halogens is 1. The molecule has 14 heavy (non-hydrogen) atoms. The summed E-state index contributed by atoms with van der Waals surface area (Å²) >= 11 is 3.33. The molecule has 0 bridgehead atoms. The van der Waals surface area contributed by atoms with Crippen LogP contribution in [0.5, 0.6) is 5.88 Å². The van der Waals surface area contributed by atoms with Gasteiger partial charge in [0.2, 0.25) is 5.88 Å². The van der Waals surface area contributed by atoms with Gasteiger partial charge in [-0.05, 0) is 46.8 Å². The molecule has 0 saturated heterocycles. The molecule has 3 nitrogen and oxygen atoms in total. The largest absolute Gasteiger partial charge is 0.477 e. The van der Waals surface area contributed by atoms with Crippen LogP contribution in [-0.4, -0.2) is 17.9 Å². The smallest absolute Gasteiger partial charge is 0.228 e. The van der Waals surface area contributed by atoms with Crippen molar-refractivity contribution in [3.8, 4) is 5.88 Å². The maximum absolute atomic E-state index is 10.5. The highest BCUT2D eigenvalue weighted by Crippen LogP contribution is 2.30. The van der Waals surface area contributed by atoms with Crippen LogP contribution in [0, 0.1) is 5.92 Å². The second-order valence-corrected chi connectivity index (χ2v) is 4.25. The van der Waals surface area contributed by atoms with Gasteiger partial charge in [-0.25, -0.2) is 4.98 Å². The fourth-order valence-electron chi connectivity index (χ4n) is 1.09. The van der Waals surface area contributed by atoms with Gasteiger partial charge in [0.1, 0.15) is 5.69 Å². The van der Waals surface area contributed by atoms with E-state index in [1.165, 1.54) is 12.8 Å². The number of aromatic nitrogens is 1. The second kappa shape index (κ2) is 4.09. The lowest BCUT2D eigenvalue weighted by Gasteiger charge is -2.05. The number of pyridine rings is 1. The molecule has 4 heteroatoms. The van der Waals surface area contributed by atoms with Crippen molar-refractivity contribution in [3.63, 3.8) is 0 Å². The van der Waals surface area contributed by atoms with Gasteiger partial charge in [-0.15, -0.1) is 0 Å². The molecule has 1 aromatic heterocycles. The Labute approximate surface area is 90.6 Å². The van der Waals surface area contributed by atoms with Gasteiger partial charge in [-0.2, -0.15) is 0 Å². The van der Waals surface area contributed by atoms with E-state index in [2.05, 4.69) is 20.9 Å². The third-order valence-corrected chi connectivity index (χ3v) is 2.71. The zero-order valence-electron chi connectivity index (χ0n) is 7.57. The van der Waals surface area contributed by atoms with E-state index in [9.17, 15) is 4.79 Å². The van der Waals surface area contributed by atoms with E-state index in [1.54, 1.807) is 12.1 Å². The van der Waals surface area contributed by atoms with Crippen LogP contribution in [0.25, 0.3) is 0 Å². The van der Waals surface area contributed by atoms with E-state index in [-0.39, 0.29) is 0 Å². The van der Waals surface area contributed by atoms with Crippen molar-refractivity contribution in [2.24, 2.45) is 5.92 Å². The van der Waals surface area contributed by atoms with Gasteiger partial charge in [0.25, 0.3) is 0 Å². The first-order chi connectivity index (χ1) is 6.79. The average molecular weight is 256 g/mol. The molecule has 2 rings (SSSR count). The third-order valence-electron chi connectivity index (χ3n) is 2.11. The molecule has 0 amide bonds. The van der Waals surface area contributed by atoms with Crippen molar-refractivity contribution in [2.45, 2.75) is 12.8 Å². The lowest BCUT2D eigenvalue weighted by molar-refractivity contribution is 0.111. The first-order valence-corrected chi connectivity index (χ1v) is 5.33. The minimum Gasteiger partial charge on any atom is -0.477 e. The van der Waals surface area contributed by atoms with E-state index in [1.807, 2.05) is 0 Å². The fraction of sp³-hybridized carbons (Fsp3) is 0.400. The molecule has 0 radical (unpaired) electrons. The quantitative estimate of drug-likeness (QED) is 0.776. The highest BCUT2D eigenvalue weighted by Gasteiger charge is 2.22. The molecular weight excluding hydrogens is 246 g/mol. The summed E-state index contributed by atoms with van der Waals surface area (Å²) in [5.41, 5.74) is 0.402. The molecule has 0 unspecified atom stereocenters. The molecule has 1 aromatic rings. The number of nitrogens with zero attached hydrogens (tertiary/aromatic N) is 1. The molecule has 0 atom stereocenters. The Morgan fingerprint density at radius 3 is 3.00 bits per heavy atom. The number of rotatable bonds is 4. The van der Waals surface area contributed by atoms with Crippen LogP contribution in [0.4, 0.5) is 0 Å². The Morgan fingerprint density at radius 2 is 2.36 bits per heavy atom. The normalized spacial score (nSPS) is 15.2. The lowest BCUT2D eigenvalue weighted by Crippen LogP contribution is -2.02. The summed E-state index contributed by atoms with van der Waals surface area (Å²) in [4.78, 5) is 14.5. The molecular formula is C10H10BrNO2. The molecule has 1 saturated carbocycles. The van der Waals surface area contributed by atoms with Gasteiger partial charge < -0.3 is 4.74 Å². The minimum absolute atomic E-state index is 0.402. The summed E-state index contributed by atoms with van der Waals surface area (Å²) in [6, 6.07) is 3.43. The van der Waals surface area contributed by atoms with Crippen molar-refractivity contribution in [1.82, 2.24) is 4.98 Å². The Kier molecular flexibility index (Phi) is 2.82. The van der Waals surface area contributed by atoms with Crippen LogP contribution in [0.15, 0.2) is 16.6 Å². The number of carbonyl (C=O) groups is 1. The SMILES string of the molecule is O=Cc1ccc(Br)c(OCC2CC2)n1. The molecule has 1 fully saturated rings. The molecule has 1 heterocycles. The van der Waals surface area contributed by atoms with Crippen molar-refractivity contribution in [1.29, 1.82) is 0 Å². The highest BCUT2D eigenvalue weighted by molar-refractivity contribution is 9.10. The summed E-state index contributed by atoms with van der Waals surface area (Å²) in [5, 5.41) is 0. The third kappa shape index (κ3) is 2.32. The Hall–Kier alpha value is -0.900. The predicted molar refractivity (Wildman–Crippen MR) is 55.5 cm³/mol. The standard InChI is InChI=1S/C10H10BrNO2/c11-9-4-3-8(5-13)12-10(9)14-6-7-1-2-7/h3-5,7H,1-2,6H2. The zero-order valence-corrected chi connectivity index (χ0v) is 9.16. The zero-order chi connectivity index (χ0) is 9.97. The van der Waals surface area contributed by atoms with Gasteiger partial charge in [-0.3, -0.25) is 4.79 Å². The second-order valence-electron chi connectivity index (χ2n) is 3.40. The van der Waals surface area contributed by atoms with E-state index < -0.39 is 0 Å². The Morgan fingerprint density at radius 1 is 1.57 bits per heavy atom. The topological polar surface area (TPSA) is 39.2 Å². The number of aldehydes is 1. The molecule has 0 aromatic carbocycles. The predicted octanol–water partition coefficient (Wildman–Crippen LogP) is 2.45. The van der Waals surface area contributed by atoms with Gasteiger partial charge in [0.15, 0.2) is 6.29 Å². The Bertz CT molecular complexity index is 350. The highest BCUT2D eigenvalue weighted by atomic mass is 79.9. The summed E-state index contributed by atoms with van der Waals surface area (Å²) in [7, 11) is 0. The van der Waals surface area contributed by atoms with Crippen molar-refractivity contribution >= 4 is 22.2 Å². The number of carbonyl (C=O) groups excluding carboxylic acids is 1. The number of hydrogen-bond donors (Lipinski definition) is 0. The van der Waals surface area contributed by atoms with E-state index in [0.717, 1.165) is 10.8 Å². The molecule has 1 aliphatic rings. The van der Waals surface area contributed by atoms with Crippen LogP contribution in [0.3, 0.4) is 0 Å². The van der Waals surface area contributed by atoms with Crippen LogP contribution in [0.1, 0.15) is 23.3 Å². The summed E-state index contributed by atoms with van der Waals surface area (Å²) < 4.78 is 6.28. The molecule has 0 aliphatic heterocycles. The van der Waals surface area contributed by atoms with Crippen molar-refractivity contribution < 1.29 is 9.53 Å². The first-order valence-electron chi connectivity index (χ1n) is 4.54. The molecule has 0 spiro atoms. The summed E-state index contributed by atoms with van der Waals surface area (Å²) in [6.07, 6.45) is 3.20.